The Kier molecular flexibility index (Phi) is 10.2. The molecule has 0 amide bonds. The van der Waals surface area contributed by atoms with Crippen molar-refractivity contribution in [1.82, 2.24) is 25.1 Å². The molecular weight excluding hydrogens is 475 g/mol. The third-order valence-corrected chi connectivity index (χ3v) is 5.92. The summed E-state index contributed by atoms with van der Waals surface area (Å²) in [6, 6.07) is 8.35. The molecule has 1 aromatic carbocycles. The van der Waals surface area contributed by atoms with E-state index < -0.39 is 0 Å². The van der Waals surface area contributed by atoms with Crippen molar-refractivity contribution < 1.29 is 0 Å². The summed E-state index contributed by atoms with van der Waals surface area (Å²) in [6.07, 6.45) is 4.94. The normalized spacial score (nSPS) is 16.0. The highest BCUT2D eigenvalue weighted by Crippen LogP contribution is 2.19. The number of aromatic nitrogens is 2. The second kappa shape index (κ2) is 12.4. The van der Waals surface area contributed by atoms with E-state index in [0.717, 1.165) is 49.3 Å². The van der Waals surface area contributed by atoms with Crippen LogP contribution in [0.25, 0.3) is 11.0 Å². The fourth-order valence-electron chi connectivity index (χ4n) is 4.13. The summed E-state index contributed by atoms with van der Waals surface area (Å²) in [7, 11) is 1.85. The van der Waals surface area contributed by atoms with Crippen LogP contribution in [0.5, 0.6) is 0 Å². The first-order valence-corrected chi connectivity index (χ1v) is 10.8. The lowest BCUT2D eigenvalue weighted by Crippen LogP contribution is -2.40. The zero-order valence-electron chi connectivity index (χ0n) is 18.2. The number of nitrogens with one attached hydrogen (secondary N) is 2. The van der Waals surface area contributed by atoms with E-state index >= 15 is 0 Å². The van der Waals surface area contributed by atoms with Gasteiger partial charge in [-0.3, -0.25) is 4.99 Å². The van der Waals surface area contributed by atoms with E-state index in [0.29, 0.717) is 0 Å². The number of guanidine groups is 1. The molecule has 0 saturated carbocycles. The van der Waals surface area contributed by atoms with Crippen LogP contribution in [0.4, 0.5) is 0 Å². The molecule has 162 valence electrons. The molecule has 6 nitrogen and oxygen atoms in total. The van der Waals surface area contributed by atoms with Gasteiger partial charge in [-0.1, -0.05) is 19.1 Å². The number of imidazole rings is 1. The average Bonchev–Trinajstić information content (AvgIpc) is 3.05. The lowest BCUT2D eigenvalue weighted by Gasteiger charge is -2.31. The van der Waals surface area contributed by atoms with Gasteiger partial charge in [0.05, 0.1) is 11.0 Å². The highest BCUT2D eigenvalue weighted by molar-refractivity contribution is 14.0. The van der Waals surface area contributed by atoms with Crippen LogP contribution in [0.1, 0.15) is 38.4 Å². The second-order valence-corrected chi connectivity index (χ2v) is 7.75. The predicted octanol–water partition coefficient (Wildman–Crippen LogP) is 3.64. The van der Waals surface area contributed by atoms with Gasteiger partial charge in [-0.25, -0.2) is 4.98 Å². The van der Waals surface area contributed by atoms with Crippen LogP contribution in [0, 0.1) is 12.8 Å². The molecule has 29 heavy (non-hydrogen) atoms. The number of rotatable bonds is 8. The largest absolute Gasteiger partial charge is 0.356 e. The van der Waals surface area contributed by atoms with Crippen molar-refractivity contribution in [3.05, 3.63) is 30.1 Å². The second-order valence-electron chi connectivity index (χ2n) is 7.75. The Morgan fingerprint density at radius 2 is 1.90 bits per heavy atom. The number of para-hydroxylation sites is 2. The van der Waals surface area contributed by atoms with Crippen molar-refractivity contribution in [2.24, 2.45) is 10.9 Å². The highest BCUT2D eigenvalue weighted by Gasteiger charge is 2.17. The molecule has 0 atom stereocenters. The van der Waals surface area contributed by atoms with Crippen molar-refractivity contribution in [2.75, 3.05) is 39.8 Å². The number of piperidine rings is 1. The lowest BCUT2D eigenvalue weighted by atomic mass is 9.93. The first kappa shape index (κ1) is 23.9. The maximum absolute atomic E-state index is 4.64. The van der Waals surface area contributed by atoms with E-state index in [1.165, 1.54) is 44.4 Å². The average molecular weight is 512 g/mol. The number of aryl methyl sites for hydroxylation is 2. The third kappa shape index (κ3) is 6.84. The molecule has 0 radical (unpaired) electrons. The number of hydrogen-bond acceptors (Lipinski definition) is 3. The van der Waals surface area contributed by atoms with Gasteiger partial charge in [0.15, 0.2) is 5.96 Å². The minimum absolute atomic E-state index is 0. The molecule has 1 aliphatic rings. The Hall–Kier alpha value is -1.35. The maximum atomic E-state index is 4.64. The molecule has 3 rings (SSSR count). The summed E-state index contributed by atoms with van der Waals surface area (Å²) < 4.78 is 2.30. The summed E-state index contributed by atoms with van der Waals surface area (Å²) in [5.41, 5.74) is 2.30. The standard InChI is InChI=1S/C22H36N6.HI/c1-4-27-16-11-19(12-17-27)10-14-25-22(23-3)24-13-7-15-28-18(2)26-20-8-5-6-9-21(20)28;/h5-6,8-9,19H,4,7,10-17H2,1-3H3,(H2,23,24,25);1H. The van der Waals surface area contributed by atoms with Gasteiger partial charge in [0.1, 0.15) is 5.82 Å². The molecule has 0 bridgehead atoms. The Morgan fingerprint density at radius 1 is 1.17 bits per heavy atom. The van der Waals surface area contributed by atoms with Crippen LogP contribution >= 0.6 is 24.0 Å². The van der Waals surface area contributed by atoms with Gasteiger partial charge in [0.25, 0.3) is 0 Å². The summed E-state index contributed by atoms with van der Waals surface area (Å²) in [5, 5.41) is 6.93. The van der Waals surface area contributed by atoms with E-state index in [2.05, 4.69) is 62.1 Å². The minimum atomic E-state index is 0. The lowest BCUT2D eigenvalue weighted by molar-refractivity contribution is 0.187. The zero-order valence-corrected chi connectivity index (χ0v) is 20.5. The molecule has 0 spiro atoms. The first-order chi connectivity index (χ1) is 13.7. The monoisotopic (exact) mass is 512 g/mol. The topological polar surface area (TPSA) is 57.5 Å². The minimum Gasteiger partial charge on any atom is -0.356 e. The molecule has 1 aliphatic heterocycles. The van der Waals surface area contributed by atoms with Crippen molar-refractivity contribution in [1.29, 1.82) is 0 Å². The van der Waals surface area contributed by atoms with Crippen LogP contribution in [-0.2, 0) is 6.54 Å². The van der Waals surface area contributed by atoms with Gasteiger partial charge in [-0.15, -0.1) is 24.0 Å². The fourth-order valence-corrected chi connectivity index (χ4v) is 4.13. The van der Waals surface area contributed by atoms with Gasteiger partial charge in [0, 0.05) is 26.7 Å². The van der Waals surface area contributed by atoms with Gasteiger partial charge >= 0.3 is 0 Å². The molecule has 2 aromatic rings. The van der Waals surface area contributed by atoms with Crippen LogP contribution < -0.4 is 10.6 Å². The van der Waals surface area contributed by atoms with Gasteiger partial charge in [0.2, 0.25) is 0 Å². The number of likely N-dealkylation sites (tertiary alicyclic amines) is 1. The third-order valence-electron chi connectivity index (χ3n) is 5.92. The first-order valence-electron chi connectivity index (χ1n) is 10.8. The van der Waals surface area contributed by atoms with Crippen molar-refractivity contribution >= 4 is 41.0 Å². The number of hydrogen-bond donors (Lipinski definition) is 2. The smallest absolute Gasteiger partial charge is 0.190 e. The summed E-state index contributed by atoms with van der Waals surface area (Å²) in [5.74, 6) is 2.85. The van der Waals surface area contributed by atoms with E-state index in [9.17, 15) is 0 Å². The molecule has 0 aliphatic carbocycles. The Morgan fingerprint density at radius 3 is 2.62 bits per heavy atom. The molecule has 2 heterocycles. The van der Waals surface area contributed by atoms with E-state index in [4.69, 9.17) is 0 Å². The molecule has 7 heteroatoms. The number of halogens is 1. The Balaban J connectivity index is 0.00000300. The van der Waals surface area contributed by atoms with E-state index in [1.807, 2.05) is 13.1 Å². The van der Waals surface area contributed by atoms with Crippen molar-refractivity contribution in [3.63, 3.8) is 0 Å². The molecule has 1 aromatic heterocycles. The number of nitrogens with zero attached hydrogens (tertiary/aromatic N) is 4. The van der Waals surface area contributed by atoms with Crippen molar-refractivity contribution in [3.8, 4) is 0 Å². The highest BCUT2D eigenvalue weighted by atomic mass is 127. The van der Waals surface area contributed by atoms with Gasteiger partial charge < -0.3 is 20.1 Å². The number of benzene rings is 1. The zero-order chi connectivity index (χ0) is 19.8. The molecule has 1 saturated heterocycles. The summed E-state index contributed by atoms with van der Waals surface area (Å²) >= 11 is 0. The number of aliphatic imine (C=N–C) groups is 1. The maximum Gasteiger partial charge on any atom is 0.190 e. The van der Waals surface area contributed by atoms with Crippen molar-refractivity contribution in [2.45, 2.75) is 46.1 Å². The van der Waals surface area contributed by atoms with Gasteiger partial charge in [-0.05, 0) is 70.3 Å². The molecule has 0 unspecified atom stereocenters. The van der Waals surface area contributed by atoms with Crippen LogP contribution in [0.3, 0.4) is 0 Å². The Labute approximate surface area is 192 Å². The predicted molar refractivity (Wildman–Crippen MR) is 133 cm³/mol. The van der Waals surface area contributed by atoms with Crippen LogP contribution in [0.2, 0.25) is 0 Å². The van der Waals surface area contributed by atoms with Crippen LogP contribution in [0.15, 0.2) is 29.3 Å². The van der Waals surface area contributed by atoms with Crippen LogP contribution in [-0.4, -0.2) is 60.2 Å². The van der Waals surface area contributed by atoms with E-state index in [1.54, 1.807) is 0 Å². The molecule has 2 N–H and O–H groups in total. The Bertz CT molecular complexity index is 764. The summed E-state index contributed by atoms with van der Waals surface area (Å²) in [4.78, 5) is 11.6. The van der Waals surface area contributed by atoms with Gasteiger partial charge in [-0.2, -0.15) is 0 Å². The molecular formula is C22H37IN6. The summed E-state index contributed by atoms with van der Waals surface area (Å²) in [6.45, 7) is 10.9. The quantitative estimate of drug-likeness (QED) is 0.246. The van der Waals surface area contributed by atoms with E-state index in [-0.39, 0.29) is 24.0 Å². The SMILES string of the molecule is CCN1CCC(CCNC(=NC)NCCCn2c(C)nc3ccccc32)CC1.I. The number of fused-ring (bicyclic) bond motifs is 1. The fraction of sp³-hybridized carbons (Fsp3) is 0.636. The molecule has 1 fully saturated rings.